The molecule has 0 bridgehead atoms. The van der Waals surface area contributed by atoms with E-state index in [0.29, 0.717) is 23.2 Å². The summed E-state index contributed by atoms with van der Waals surface area (Å²) in [4.78, 5) is 24.3. The molecule has 1 aliphatic carbocycles. The lowest BCUT2D eigenvalue weighted by Crippen LogP contribution is -2.36. The summed E-state index contributed by atoms with van der Waals surface area (Å²) in [6.07, 6.45) is 5.76. The molecule has 0 aliphatic heterocycles. The largest absolute Gasteiger partial charge is 0.376 e. The summed E-state index contributed by atoms with van der Waals surface area (Å²) in [6, 6.07) is 14.9. The van der Waals surface area contributed by atoms with Gasteiger partial charge in [0.1, 0.15) is 0 Å². The van der Waals surface area contributed by atoms with Gasteiger partial charge in [0.2, 0.25) is 5.91 Å². The van der Waals surface area contributed by atoms with E-state index in [0.717, 1.165) is 24.1 Å². The van der Waals surface area contributed by atoms with E-state index in [1.807, 2.05) is 30.3 Å². The third-order valence-electron chi connectivity index (χ3n) is 4.97. The zero-order valence-corrected chi connectivity index (χ0v) is 16.6. The van der Waals surface area contributed by atoms with Crippen molar-refractivity contribution in [1.82, 2.24) is 10.6 Å². The molecule has 0 spiro atoms. The minimum absolute atomic E-state index is 0.0315. The first-order valence-electron chi connectivity index (χ1n) is 9.77. The van der Waals surface area contributed by atoms with Crippen LogP contribution in [0.15, 0.2) is 48.5 Å². The first-order valence-corrected chi connectivity index (χ1v) is 10.1. The Kier molecular flexibility index (Phi) is 7.31. The predicted molar refractivity (Wildman–Crippen MR) is 113 cm³/mol. The van der Waals surface area contributed by atoms with Crippen molar-refractivity contribution in [3.63, 3.8) is 0 Å². The van der Waals surface area contributed by atoms with E-state index < -0.39 is 0 Å². The molecule has 0 saturated heterocycles. The van der Waals surface area contributed by atoms with Gasteiger partial charge in [-0.3, -0.25) is 9.59 Å². The fourth-order valence-corrected chi connectivity index (χ4v) is 3.54. The molecular formula is C22H26ClN3O2. The fraction of sp³-hybridized carbons (Fsp3) is 0.364. The number of rotatable bonds is 7. The van der Waals surface area contributed by atoms with E-state index in [1.54, 1.807) is 18.2 Å². The molecule has 2 aromatic carbocycles. The maximum Gasteiger partial charge on any atom is 0.251 e. The molecule has 5 nitrogen and oxygen atoms in total. The van der Waals surface area contributed by atoms with Crippen LogP contribution in [-0.2, 0) is 11.3 Å². The zero-order chi connectivity index (χ0) is 19.8. The lowest BCUT2D eigenvalue weighted by atomic mass is 9.95. The highest BCUT2D eigenvalue weighted by molar-refractivity contribution is 6.31. The van der Waals surface area contributed by atoms with Gasteiger partial charge >= 0.3 is 0 Å². The Hall–Kier alpha value is -2.53. The molecule has 1 saturated carbocycles. The van der Waals surface area contributed by atoms with Crippen molar-refractivity contribution in [3.8, 4) is 0 Å². The van der Waals surface area contributed by atoms with Gasteiger partial charge in [-0.15, -0.1) is 0 Å². The Morgan fingerprint density at radius 2 is 1.68 bits per heavy atom. The van der Waals surface area contributed by atoms with E-state index >= 15 is 0 Å². The minimum atomic E-state index is -0.126. The maximum atomic E-state index is 12.3. The van der Waals surface area contributed by atoms with Crippen LogP contribution in [0.4, 0.5) is 5.69 Å². The average molecular weight is 400 g/mol. The van der Waals surface area contributed by atoms with Crippen molar-refractivity contribution in [1.29, 1.82) is 0 Å². The van der Waals surface area contributed by atoms with Crippen LogP contribution in [0.5, 0.6) is 0 Å². The standard InChI is InChI=1S/C22H26ClN3O2/c23-20-9-5-4-6-17(20)14-25-21(27)15-24-18-12-10-16(11-13-18)22(28)26-19-7-2-1-3-8-19/h4-6,9-13,19,24H,1-3,7-8,14-15H2,(H,25,27)(H,26,28). The highest BCUT2D eigenvalue weighted by Gasteiger charge is 2.16. The van der Waals surface area contributed by atoms with Crippen LogP contribution in [-0.4, -0.2) is 24.4 Å². The molecule has 3 rings (SSSR count). The highest BCUT2D eigenvalue weighted by atomic mass is 35.5. The summed E-state index contributed by atoms with van der Waals surface area (Å²) in [5.41, 5.74) is 2.31. The summed E-state index contributed by atoms with van der Waals surface area (Å²) in [5, 5.41) is 9.65. The third-order valence-corrected chi connectivity index (χ3v) is 5.34. The summed E-state index contributed by atoms with van der Waals surface area (Å²) in [6.45, 7) is 0.540. The van der Waals surface area contributed by atoms with Crippen molar-refractivity contribution in [2.24, 2.45) is 0 Å². The van der Waals surface area contributed by atoms with Crippen LogP contribution in [0.1, 0.15) is 48.0 Å². The zero-order valence-electron chi connectivity index (χ0n) is 15.8. The van der Waals surface area contributed by atoms with Crippen LogP contribution in [0.3, 0.4) is 0 Å². The third kappa shape index (κ3) is 5.99. The normalized spacial score (nSPS) is 14.3. The van der Waals surface area contributed by atoms with E-state index in [4.69, 9.17) is 11.6 Å². The molecule has 0 heterocycles. The van der Waals surface area contributed by atoms with Crippen LogP contribution >= 0.6 is 11.6 Å². The second-order valence-electron chi connectivity index (χ2n) is 7.11. The molecular weight excluding hydrogens is 374 g/mol. The van der Waals surface area contributed by atoms with Crippen molar-refractivity contribution in [2.75, 3.05) is 11.9 Å². The quantitative estimate of drug-likeness (QED) is 0.655. The summed E-state index contributed by atoms with van der Waals surface area (Å²) in [7, 11) is 0. The fourth-order valence-electron chi connectivity index (χ4n) is 3.34. The first kappa shape index (κ1) is 20.2. The molecule has 2 aromatic rings. The van der Waals surface area contributed by atoms with E-state index in [1.165, 1.54) is 19.3 Å². The molecule has 0 unspecified atom stereocenters. The Morgan fingerprint density at radius 1 is 0.964 bits per heavy atom. The van der Waals surface area contributed by atoms with Gasteiger partial charge in [0.25, 0.3) is 5.91 Å². The Bertz CT molecular complexity index is 802. The first-order chi connectivity index (χ1) is 13.6. The van der Waals surface area contributed by atoms with Gasteiger partial charge < -0.3 is 16.0 Å². The number of hydrogen-bond acceptors (Lipinski definition) is 3. The number of anilines is 1. The molecule has 28 heavy (non-hydrogen) atoms. The molecule has 3 N–H and O–H groups in total. The molecule has 1 fully saturated rings. The Balaban J connectivity index is 1.43. The van der Waals surface area contributed by atoms with Crippen LogP contribution < -0.4 is 16.0 Å². The number of carbonyl (C=O) groups excluding carboxylic acids is 2. The Labute approximate surface area is 170 Å². The van der Waals surface area contributed by atoms with Gasteiger partial charge in [-0.05, 0) is 48.7 Å². The molecule has 2 amide bonds. The molecule has 1 aliphatic rings. The number of amides is 2. The van der Waals surface area contributed by atoms with Crippen molar-refractivity contribution in [2.45, 2.75) is 44.7 Å². The van der Waals surface area contributed by atoms with Gasteiger partial charge in [0.05, 0.1) is 6.54 Å². The van der Waals surface area contributed by atoms with Crippen LogP contribution in [0.25, 0.3) is 0 Å². The van der Waals surface area contributed by atoms with Gasteiger partial charge in [-0.25, -0.2) is 0 Å². The summed E-state index contributed by atoms with van der Waals surface area (Å²) >= 11 is 6.08. The van der Waals surface area contributed by atoms with Gasteiger partial charge in [0.15, 0.2) is 0 Å². The molecule has 0 radical (unpaired) electrons. The number of carbonyl (C=O) groups is 2. The lowest BCUT2D eigenvalue weighted by Gasteiger charge is -2.22. The number of benzene rings is 2. The molecule has 0 aromatic heterocycles. The van der Waals surface area contributed by atoms with Gasteiger partial charge in [-0.1, -0.05) is 49.1 Å². The molecule has 148 valence electrons. The van der Waals surface area contributed by atoms with Crippen LogP contribution in [0, 0.1) is 0 Å². The van der Waals surface area contributed by atoms with Crippen molar-refractivity contribution < 1.29 is 9.59 Å². The van der Waals surface area contributed by atoms with E-state index in [-0.39, 0.29) is 18.4 Å². The summed E-state index contributed by atoms with van der Waals surface area (Å²) in [5.74, 6) is -0.157. The molecule has 6 heteroatoms. The number of halogens is 1. The maximum absolute atomic E-state index is 12.3. The van der Waals surface area contributed by atoms with E-state index in [2.05, 4.69) is 16.0 Å². The topological polar surface area (TPSA) is 70.2 Å². The second kappa shape index (κ2) is 10.1. The van der Waals surface area contributed by atoms with Crippen molar-refractivity contribution >= 4 is 29.1 Å². The average Bonchev–Trinajstić information content (AvgIpc) is 2.73. The van der Waals surface area contributed by atoms with E-state index in [9.17, 15) is 9.59 Å². The highest BCUT2D eigenvalue weighted by Crippen LogP contribution is 2.18. The summed E-state index contributed by atoms with van der Waals surface area (Å²) < 4.78 is 0. The number of hydrogen-bond donors (Lipinski definition) is 3. The van der Waals surface area contributed by atoms with Gasteiger partial charge in [-0.2, -0.15) is 0 Å². The van der Waals surface area contributed by atoms with Gasteiger partial charge in [0, 0.05) is 28.9 Å². The van der Waals surface area contributed by atoms with Crippen LogP contribution in [0.2, 0.25) is 5.02 Å². The molecule has 0 atom stereocenters. The monoisotopic (exact) mass is 399 g/mol. The smallest absolute Gasteiger partial charge is 0.251 e. The van der Waals surface area contributed by atoms with Crippen molar-refractivity contribution in [3.05, 3.63) is 64.7 Å². The lowest BCUT2D eigenvalue weighted by molar-refractivity contribution is -0.119. The predicted octanol–water partition coefficient (Wildman–Crippen LogP) is 4.13. The Morgan fingerprint density at radius 3 is 2.39 bits per heavy atom. The minimum Gasteiger partial charge on any atom is -0.376 e. The number of nitrogens with one attached hydrogen (secondary N) is 3. The SMILES string of the molecule is O=C(CNc1ccc(C(=O)NC2CCCCC2)cc1)NCc1ccccc1Cl. The second-order valence-corrected chi connectivity index (χ2v) is 7.51.